The zero-order valence-electron chi connectivity index (χ0n) is 11.8. The first kappa shape index (κ1) is 15.7. The Morgan fingerprint density at radius 3 is 2.71 bits per heavy atom. The molecular weight excluding hydrogens is 277 g/mol. The first-order valence-corrected chi connectivity index (χ1v) is 7.08. The highest BCUT2D eigenvalue weighted by Crippen LogP contribution is 2.20. The van der Waals surface area contributed by atoms with Gasteiger partial charge in [0.25, 0.3) is 0 Å². The van der Waals surface area contributed by atoms with Crippen LogP contribution in [0.3, 0.4) is 0 Å². The van der Waals surface area contributed by atoms with Crippen molar-refractivity contribution in [2.45, 2.75) is 31.9 Å². The number of likely N-dealkylation sites (tertiary alicyclic amines) is 1. The molecule has 1 saturated heterocycles. The number of aromatic hydroxyl groups is 1. The predicted octanol–water partition coefficient (Wildman–Crippen LogP) is 1.99. The van der Waals surface area contributed by atoms with E-state index in [1.807, 2.05) is 0 Å². The Morgan fingerprint density at radius 1 is 1.38 bits per heavy atom. The molecule has 0 radical (unpaired) electrons. The van der Waals surface area contributed by atoms with E-state index in [4.69, 9.17) is 14.9 Å². The van der Waals surface area contributed by atoms with Gasteiger partial charge in [0, 0.05) is 19.6 Å². The van der Waals surface area contributed by atoms with Crippen molar-refractivity contribution in [3.63, 3.8) is 0 Å². The normalized spacial score (nSPS) is 17.0. The van der Waals surface area contributed by atoms with Crippen LogP contribution >= 0.6 is 0 Å². The van der Waals surface area contributed by atoms with Crippen molar-refractivity contribution in [2.75, 3.05) is 19.7 Å². The number of carbonyl (C=O) groups is 1. The summed E-state index contributed by atoms with van der Waals surface area (Å²) in [4.78, 5) is 12.6. The molecule has 1 heterocycles. The Hall–Kier alpha value is -1.66. The third-order valence-electron chi connectivity index (χ3n) is 3.62. The maximum atomic E-state index is 13.3. The van der Waals surface area contributed by atoms with Crippen LogP contribution in [0.15, 0.2) is 18.2 Å². The Kier molecular flexibility index (Phi) is 5.52. The molecular formula is C15H20FNO4. The number of ether oxygens (including phenoxy) is 1. The van der Waals surface area contributed by atoms with Crippen LogP contribution in [0.1, 0.15) is 24.8 Å². The van der Waals surface area contributed by atoms with Crippen LogP contribution in [0.2, 0.25) is 0 Å². The van der Waals surface area contributed by atoms with E-state index >= 15 is 0 Å². The number of piperidine rings is 1. The van der Waals surface area contributed by atoms with E-state index in [1.54, 1.807) is 6.07 Å². The third-order valence-corrected chi connectivity index (χ3v) is 3.62. The summed E-state index contributed by atoms with van der Waals surface area (Å²) >= 11 is 0. The smallest absolute Gasteiger partial charge is 0.305 e. The van der Waals surface area contributed by atoms with Crippen LogP contribution in [0.4, 0.5) is 4.39 Å². The van der Waals surface area contributed by atoms with Crippen LogP contribution in [-0.2, 0) is 16.1 Å². The molecule has 2 N–H and O–H groups in total. The highest BCUT2D eigenvalue weighted by atomic mass is 19.1. The van der Waals surface area contributed by atoms with E-state index in [-0.39, 0.29) is 24.9 Å². The number of aliphatic carboxylic acids is 1. The minimum absolute atomic E-state index is 0.0347. The molecule has 1 aromatic carbocycles. The van der Waals surface area contributed by atoms with Gasteiger partial charge in [0.2, 0.25) is 0 Å². The number of benzene rings is 1. The summed E-state index contributed by atoms with van der Waals surface area (Å²) in [7, 11) is 0. The van der Waals surface area contributed by atoms with E-state index in [0.29, 0.717) is 6.54 Å². The standard InChI is InChI=1S/C15H20FNO4/c16-13-9-11(1-2-14(13)18)10-17-6-3-12(4-7-17)21-8-5-15(19)20/h1-2,9,12,18H,3-8,10H2,(H,19,20). The summed E-state index contributed by atoms with van der Waals surface area (Å²) in [6, 6.07) is 4.44. The fourth-order valence-electron chi connectivity index (χ4n) is 2.45. The molecule has 6 heteroatoms. The van der Waals surface area contributed by atoms with Gasteiger partial charge in [0.15, 0.2) is 11.6 Å². The van der Waals surface area contributed by atoms with Crippen molar-refractivity contribution >= 4 is 5.97 Å². The second-order valence-electron chi connectivity index (χ2n) is 5.28. The quantitative estimate of drug-likeness (QED) is 0.840. The highest BCUT2D eigenvalue weighted by Gasteiger charge is 2.20. The average molecular weight is 297 g/mol. The van der Waals surface area contributed by atoms with Gasteiger partial charge in [-0.2, -0.15) is 0 Å². The van der Waals surface area contributed by atoms with Crippen molar-refractivity contribution < 1.29 is 24.1 Å². The van der Waals surface area contributed by atoms with Crippen LogP contribution in [-0.4, -0.2) is 46.9 Å². The molecule has 1 aliphatic rings. The minimum atomic E-state index is -0.846. The molecule has 0 bridgehead atoms. The average Bonchev–Trinajstić information content (AvgIpc) is 2.44. The number of hydrogen-bond acceptors (Lipinski definition) is 4. The Bertz CT molecular complexity index is 487. The van der Waals surface area contributed by atoms with Gasteiger partial charge in [-0.05, 0) is 30.5 Å². The summed E-state index contributed by atoms with van der Waals surface area (Å²) in [6.45, 7) is 2.56. The van der Waals surface area contributed by atoms with E-state index in [0.717, 1.165) is 31.5 Å². The lowest BCUT2D eigenvalue weighted by Gasteiger charge is -2.31. The monoisotopic (exact) mass is 297 g/mol. The summed E-state index contributed by atoms with van der Waals surface area (Å²) in [5, 5.41) is 17.7. The molecule has 116 valence electrons. The van der Waals surface area contributed by atoms with Gasteiger partial charge in [-0.3, -0.25) is 9.69 Å². The first-order valence-electron chi connectivity index (χ1n) is 7.08. The Labute approximate surface area is 122 Å². The van der Waals surface area contributed by atoms with E-state index in [2.05, 4.69) is 4.90 Å². The predicted molar refractivity (Wildman–Crippen MR) is 74.6 cm³/mol. The molecule has 0 spiro atoms. The lowest BCUT2D eigenvalue weighted by Crippen LogP contribution is -2.36. The Balaban J connectivity index is 1.73. The van der Waals surface area contributed by atoms with E-state index in [1.165, 1.54) is 12.1 Å². The molecule has 0 saturated carbocycles. The fraction of sp³-hybridized carbons (Fsp3) is 0.533. The molecule has 2 rings (SSSR count). The van der Waals surface area contributed by atoms with Gasteiger partial charge >= 0.3 is 5.97 Å². The molecule has 1 fully saturated rings. The Morgan fingerprint density at radius 2 is 2.10 bits per heavy atom. The number of carboxylic acid groups (broad SMARTS) is 1. The maximum Gasteiger partial charge on any atom is 0.305 e. The van der Waals surface area contributed by atoms with Crippen molar-refractivity contribution in [1.82, 2.24) is 4.90 Å². The highest BCUT2D eigenvalue weighted by molar-refractivity contribution is 5.66. The summed E-state index contributed by atoms with van der Waals surface area (Å²) in [5.41, 5.74) is 0.829. The number of phenolic OH excluding ortho intramolecular Hbond substituents is 1. The van der Waals surface area contributed by atoms with Crippen molar-refractivity contribution in [3.8, 4) is 5.75 Å². The molecule has 1 aliphatic heterocycles. The van der Waals surface area contributed by atoms with Gasteiger partial charge in [0.05, 0.1) is 19.1 Å². The lowest BCUT2D eigenvalue weighted by molar-refractivity contribution is -0.138. The van der Waals surface area contributed by atoms with E-state index < -0.39 is 11.8 Å². The second-order valence-corrected chi connectivity index (χ2v) is 5.28. The molecule has 0 amide bonds. The molecule has 21 heavy (non-hydrogen) atoms. The third kappa shape index (κ3) is 4.99. The molecule has 0 unspecified atom stereocenters. The fourth-order valence-corrected chi connectivity index (χ4v) is 2.45. The summed E-state index contributed by atoms with van der Waals surface area (Å²) < 4.78 is 18.8. The lowest BCUT2D eigenvalue weighted by atomic mass is 10.1. The van der Waals surface area contributed by atoms with Crippen LogP contribution in [0.25, 0.3) is 0 Å². The molecule has 5 nitrogen and oxygen atoms in total. The van der Waals surface area contributed by atoms with E-state index in [9.17, 15) is 9.18 Å². The summed E-state index contributed by atoms with van der Waals surface area (Å²) in [6.07, 6.45) is 1.84. The maximum absolute atomic E-state index is 13.3. The SMILES string of the molecule is O=C(O)CCOC1CCN(Cc2ccc(O)c(F)c2)CC1. The minimum Gasteiger partial charge on any atom is -0.505 e. The van der Waals surface area contributed by atoms with Crippen molar-refractivity contribution in [3.05, 3.63) is 29.6 Å². The second kappa shape index (κ2) is 7.38. The number of halogens is 1. The topological polar surface area (TPSA) is 70.0 Å². The molecule has 0 aliphatic carbocycles. The molecule has 1 aromatic rings. The van der Waals surface area contributed by atoms with Gasteiger partial charge in [-0.15, -0.1) is 0 Å². The number of rotatable bonds is 6. The number of hydrogen-bond donors (Lipinski definition) is 2. The zero-order chi connectivity index (χ0) is 15.2. The van der Waals surface area contributed by atoms with Crippen molar-refractivity contribution in [2.24, 2.45) is 0 Å². The zero-order valence-corrected chi connectivity index (χ0v) is 11.8. The van der Waals surface area contributed by atoms with Crippen LogP contribution < -0.4 is 0 Å². The number of nitrogens with zero attached hydrogens (tertiary/aromatic N) is 1. The number of carboxylic acids is 1. The summed E-state index contributed by atoms with van der Waals surface area (Å²) in [5.74, 6) is -1.77. The van der Waals surface area contributed by atoms with Gasteiger partial charge < -0.3 is 14.9 Å². The van der Waals surface area contributed by atoms with Crippen LogP contribution in [0, 0.1) is 5.82 Å². The van der Waals surface area contributed by atoms with Crippen LogP contribution in [0.5, 0.6) is 5.75 Å². The molecule has 0 atom stereocenters. The number of phenols is 1. The first-order chi connectivity index (χ1) is 10.0. The van der Waals surface area contributed by atoms with Gasteiger partial charge in [0.1, 0.15) is 0 Å². The van der Waals surface area contributed by atoms with Gasteiger partial charge in [-0.25, -0.2) is 4.39 Å². The van der Waals surface area contributed by atoms with Crippen molar-refractivity contribution in [1.29, 1.82) is 0 Å². The molecule has 0 aromatic heterocycles. The largest absolute Gasteiger partial charge is 0.505 e. The van der Waals surface area contributed by atoms with Gasteiger partial charge in [-0.1, -0.05) is 6.07 Å².